The van der Waals surface area contributed by atoms with Crippen LogP contribution in [0.5, 0.6) is 0 Å². The summed E-state index contributed by atoms with van der Waals surface area (Å²) in [6, 6.07) is 8.13. The highest BCUT2D eigenvalue weighted by molar-refractivity contribution is 9.10. The van der Waals surface area contributed by atoms with Crippen LogP contribution in [0.2, 0.25) is 0 Å². The van der Waals surface area contributed by atoms with E-state index in [2.05, 4.69) is 20.9 Å². The zero-order chi connectivity index (χ0) is 13.6. The molecule has 3 rings (SSSR count). The Morgan fingerprint density at radius 2 is 1.95 bits per heavy atom. The van der Waals surface area contributed by atoms with Crippen LogP contribution in [0, 0.1) is 0 Å². The topological polar surface area (TPSA) is 76.3 Å². The van der Waals surface area contributed by atoms with Crippen LogP contribution in [0.15, 0.2) is 41.0 Å². The fourth-order valence-corrected chi connectivity index (χ4v) is 2.56. The summed E-state index contributed by atoms with van der Waals surface area (Å²) in [5, 5.41) is 0. The van der Waals surface area contributed by atoms with E-state index in [1.165, 1.54) is 6.20 Å². The number of carbonyl (C=O) groups excluding carboxylic acids is 2. The van der Waals surface area contributed by atoms with E-state index < -0.39 is 5.91 Å². The lowest BCUT2D eigenvalue weighted by molar-refractivity contribution is 0.0924. The number of anilines is 2. The Morgan fingerprint density at radius 1 is 1.16 bits per heavy atom. The molecule has 0 saturated heterocycles. The fraction of sp³-hybridized carbons (Fsp3) is 0. The zero-order valence-electron chi connectivity index (χ0n) is 9.63. The number of amides is 2. The van der Waals surface area contributed by atoms with Crippen molar-refractivity contribution in [2.45, 2.75) is 0 Å². The highest BCUT2D eigenvalue weighted by Crippen LogP contribution is 2.33. The van der Waals surface area contributed by atoms with Gasteiger partial charge in [0.25, 0.3) is 11.8 Å². The largest absolute Gasteiger partial charge is 0.399 e. The molecule has 1 aliphatic rings. The van der Waals surface area contributed by atoms with Crippen LogP contribution in [-0.2, 0) is 0 Å². The number of nitrogens with two attached hydrogens (primary N) is 1. The molecule has 2 amide bonds. The first kappa shape index (κ1) is 11.9. The van der Waals surface area contributed by atoms with E-state index >= 15 is 0 Å². The highest BCUT2D eigenvalue weighted by Gasteiger charge is 2.38. The summed E-state index contributed by atoms with van der Waals surface area (Å²) in [7, 11) is 0. The van der Waals surface area contributed by atoms with E-state index in [4.69, 9.17) is 5.73 Å². The number of imide groups is 1. The molecule has 2 N–H and O–H groups in total. The van der Waals surface area contributed by atoms with Crippen LogP contribution in [0.25, 0.3) is 0 Å². The molecule has 0 unspecified atom stereocenters. The summed E-state index contributed by atoms with van der Waals surface area (Å²) in [6.45, 7) is 0. The maximum absolute atomic E-state index is 12.3. The third kappa shape index (κ3) is 1.72. The predicted octanol–water partition coefficient (Wildman–Crippen LogP) is 2.23. The number of pyridine rings is 1. The molecule has 94 valence electrons. The average molecular weight is 318 g/mol. The van der Waals surface area contributed by atoms with Crippen LogP contribution < -0.4 is 10.6 Å². The van der Waals surface area contributed by atoms with Crippen LogP contribution in [0.1, 0.15) is 20.8 Å². The first-order valence-corrected chi connectivity index (χ1v) is 6.27. The number of hydrogen-bond acceptors (Lipinski definition) is 4. The van der Waals surface area contributed by atoms with Crippen molar-refractivity contribution in [3.05, 3.63) is 52.3 Å². The number of aromatic nitrogens is 1. The summed E-state index contributed by atoms with van der Waals surface area (Å²) in [5.41, 5.74) is 7.15. The van der Waals surface area contributed by atoms with Crippen molar-refractivity contribution < 1.29 is 9.59 Å². The molecule has 5 nitrogen and oxygen atoms in total. The highest BCUT2D eigenvalue weighted by atomic mass is 79.9. The van der Waals surface area contributed by atoms with Crippen molar-refractivity contribution in [3.8, 4) is 0 Å². The fourth-order valence-electron chi connectivity index (χ4n) is 1.99. The van der Waals surface area contributed by atoms with Gasteiger partial charge in [0.1, 0.15) is 5.69 Å². The third-order valence-corrected chi connectivity index (χ3v) is 3.49. The van der Waals surface area contributed by atoms with Gasteiger partial charge in [-0.25, -0.2) is 4.90 Å². The van der Waals surface area contributed by atoms with Crippen molar-refractivity contribution in [2.75, 3.05) is 10.6 Å². The molecule has 0 bridgehead atoms. The van der Waals surface area contributed by atoms with Crippen LogP contribution >= 0.6 is 15.9 Å². The van der Waals surface area contributed by atoms with Gasteiger partial charge in [-0.15, -0.1) is 0 Å². The summed E-state index contributed by atoms with van der Waals surface area (Å²) in [6.07, 6.45) is 1.49. The molecule has 1 aromatic heterocycles. The molecular formula is C13H8BrN3O2. The van der Waals surface area contributed by atoms with Crippen LogP contribution in [0.4, 0.5) is 11.4 Å². The number of hydrogen-bond donors (Lipinski definition) is 1. The average Bonchev–Trinajstić information content (AvgIpc) is 2.64. The Bertz CT molecular complexity index is 680. The second-order valence-electron chi connectivity index (χ2n) is 4.06. The molecule has 19 heavy (non-hydrogen) atoms. The van der Waals surface area contributed by atoms with Gasteiger partial charge in [0, 0.05) is 16.4 Å². The minimum absolute atomic E-state index is 0.177. The Kier molecular flexibility index (Phi) is 2.60. The quantitative estimate of drug-likeness (QED) is 0.646. The third-order valence-electron chi connectivity index (χ3n) is 2.86. The van der Waals surface area contributed by atoms with E-state index in [0.29, 0.717) is 21.4 Å². The molecule has 2 heterocycles. The maximum Gasteiger partial charge on any atom is 0.284 e. The SMILES string of the molecule is Nc1ccc(N2C(=O)c3cccnc3C2=O)c(Br)c1. The number of carbonyl (C=O) groups is 2. The smallest absolute Gasteiger partial charge is 0.284 e. The molecule has 1 aliphatic heterocycles. The number of benzene rings is 1. The summed E-state index contributed by atoms with van der Waals surface area (Å²) >= 11 is 3.31. The van der Waals surface area contributed by atoms with E-state index in [9.17, 15) is 9.59 Å². The molecule has 6 heteroatoms. The van der Waals surface area contributed by atoms with Gasteiger partial charge >= 0.3 is 0 Å². The van der Waals surface area contributed by atoms with Gasteiger partial charge in [-0.2, -0.15) is 0 Å². The zero-order valence-corrected chi connectivity index (χ0v) is 11.2. The second-order valence-corrected chi connectivity index (χ2v) is 4.91. The molecule has 0 fully saturated rings. The summed E-state index contributed by atoms with van der Waals surface area (Å²) in [5.74, 6) is -0.801. The number of fused-ring (bicyclic) bond motifs is 1. The van der Waals surface area contributed by atoms with E-state index in [-0.39, 0.29) is 11.6 Å². The second kappa shape index (κ2) is 4.17. The van der Waals surface area contributed by atoms with Crippen molar-refractivity contribution in [1.29, 1.82) is 0 Å². The maximum atomic E-state index is 12.3. The number of nitrogens with zero attached hydrogens (tertiary/aromatic N) is 2. The molecule has 0 spiro atoms. The number of halogens is 1. The lowest BCUT2D eigenvalue weighted by Crippen LogP contribution is -2.29. The van der Waals surface area contributed by atoms with Gasteiger partial charge < -0.3 is 5.73 Å². The van der Waals surface area contributed by atoms with Crippen LogP contribution in [-0.4, -0.2) is 16.8 Å². The molecule has 2 aromatic rings. The van der Waals surface area contributed by atoms with Crippen LogP contribution in [0.3, 0.4) is 0 Å². The lowest BCUT2D eigenvalue weighted by Gasteiger charge is -2.15. The molecule has 0 atom stereocenters. The molecule has 0 saturated carbocycles. The standard InChI is InChI=1S/C13H8BrN3O2/c14-9-6-7(15)3-4-10(9)17-12(18)8-2-1-5-16-11(8)13(17)19/h1-6H,15H2. The molecule has 0 radical (unpaired) electrons. The van der Waals surface area contributed by atoms with Gasteiger partial charge in [-0.3, -0.25) is 14.6 Å². The lowest BCUT2D eigenvalue weighted by atomic mass is 10.2. The van der Waals surface area contributed by atoms with E-state index in [0.717, 1.165) is 4.90 Å². The monoisotopic (exact) mass is 317 g/mol. The summed E-state index contributed by atoms with van der Waals surface area (Å²) in [4.78, 5) is 29.6. The van der Waals surface area contributed by atoms with Gasteiger partial charge in [-0.05, 0) is 46.3 Å². The Hall–Kier alpha value is -2.21. The van der Waals surface area contributed by atoms with Crippen molar-refractivity contribution >= 4 is 39.1 Å². The van der Waals surface area contributed by atoms with Gasteiger partial charge in [-0.1, -0.05) is 0 Å². The van der Waals surface area contributed by atoms with Gasteiger partial charge in [0.2, 0.25) is 0 Å². The first-order chi connectivity index (χ1) is 9.09. The summed E-state index contributed by atoms with van der Waals surface area (Å²) < 4.78 is 0.585. The number of rotatable bonds is 1. The van der Waals surface area contributed by atoms with Crippen molar-refractivity contribution in [3.63, 3.8) is 0 Å². The Labute approximate surface area is 117 Å². The minimum atomic E-state index is -0.425. The van der Waals surface area contributed by atoms with Gasteiger partial charge in [0.05, 0.1) is 11.3 Å². The van der Waals surface area contributed by atoms with Gasteiger partial charge in [0.15, 0.2) is 0 Å². The first-order valence-electron chi connectivity index (χ1n) is 5.48. The molecule has 1 aromatic carbocycles. The van der Waals surface area contributed by atoms with Crippen molar-refractivity contribution in [2.24, 2.45) is 0 Å². The Balaban J connectivity index is 2.14. The number of nitrogen functional groups attached to an aromatic ring is 1. The van der Waals surface area contributed by atoms with Crippen molar-refractivity contribution in [1.82, 2.24) is 4.98 Å². The van der Waals surface area contributed by atoms with E-state index in [1.807, 2.05) is 0 Å². The minimum Gasteiger partial charge on any atom is -0.399 e. The van der Waals surface area contributed by atoms with E-state index in [1.54, 1.807) is 30.3 Å². The predicted molar refractivity (Wildman–Crippen MR) is 73.9 cm³/mol. The normalized spacial score (nSPS) is 13.8. The Morgan fingerprint density at radius 3 is 2.63 bits per heavy atom. The molecule has 0 aliphatic carbocycles. The molecular weight excluding hydrogens is 310 g/mol.